The standard InChI is InChI=1S/C14H26N2O/c1-3-16-10-13(17-14(11-16)8-9-14)6-4-12(15-2)5-7-13/h12,15H,3-11H2,1-2H3. The van der Waals surface area contributed by atoms with Crippen LogP contribution in [0.4, 0.5) is 0 Å². The van der Waals surface area contributed by atoms with Crippen molar-refractivity contribution in [1.82, 2.24) is 10.2 Å². The van der Waals surface area contributed by atoms with E-state index in [1.54, 1.807) is 0 Å². The van der Waals surface area contributed by atoms with Gasteiger partial charge in [0.25, 0.3) is 0 Å². The summed E-state index contributed by atoms with van der Waals surface area (Å²) in [4.78, 5) is 2.62. The number of ether oxygens (including phenoxy) is 1. The lowest BCUT2D eigenvalue weighted by molar-refractivity contribution is -0.183. The monoisotopic (exact) mass is 238 g/mol. The molecule has 1 saturated heterocycles. The van der Waals surface area contributed by atoms with Crippen LogP contribution in [0.15, 0.2) is 0 Å². The Morgan fingerprint density at radius 1 is 1.12 bits per heavy atom. The molecule has 3 rings (SSSR count). The number of hydrogen-bond donors (Lipinski definition) is 1. The maximum atomic E-state index is 6.57. The summed E-state index contributed by atoms with van der Waals surface area (Å²) in [6.07, 6.45) is 7.64. The van der Waals surface area contributed by atoms with E-state index in [0.29, 0.717) is 0 Å². The van der Waals surface area contributed by atoms with Gasteiger partial charge >= 0.3 is 0 Å². The quantitative estimate of drug-likeness (QED) is 0.793. The Kier molecular flexibility index (Phi) is 2.96. The lowest BCUT2D eigenvalue weighted by Gasteiger charge is -2.50. The summed E-state index contributed by atoms with van der Waals surface area (Å²) in [5, 5.41) is 3.42. The second-order valence-corrected chi connectivity index (χ2v) is 6.33. The van der Waals surface area contributed by atoms with E-state index in [1.807, 2.05) is 0 Å². The van der Waals surface area contributed by atoms with Crippen molar-refractivity contribution in [2.75, 3.05) is 26.7 Å². The molecule has 1 heterocycles. The Bertz CT molecular complexity index is 280. The van der Waals surface area contributed by atoms with Crippen molar-refractivity contribution in [2.45, 2.75) is 62.7 Å². The van der Waals surface area contributed by atoms with E-state index >= 15 is 0 Å². The third-order valence-corrected chi connectivity index (χ3v) is 5.02. The summed E-state index contributed by atoms with van der Waals surface area (Å²) in [7, 11) is 2.09. The number of hydrogen-bond acceptors (Lipinski definition) is 3. The molecular weight excluding hydrogens is 212 g/mol. The summed E-state index contributed by atoms with van der Waals surface area (Å²) in [6, 6.07) is 0.719. The van der Waals surface area contributed by atoms with E-state index in [9.17, 15) is 0 Å². The first-order valence-corrected chi connectivity index (χ1v) is 7.29. The normalized spacial score (nSPS) is 40.9. The Labute approximate surface area is 105 Å². The highest BCUT2D eigenvalue weighted by Gasteiger charge is 2.55. The first kappa shape index (κ1) is 11.9. The fourth-order valence-electron chi connectivity index (χ4n) is 3.71. The van der Waals surface area contributed by atoms with E-state index < -0.39 is 0 Å². The molecule has 98 valence electrons. The minimum atomic E-state index is 0.193. The van der Waals surface area contributed by atoms with Crippen molar-refractivity contribution < 1.29 is 4.74 Å². The van der Waals surface area contributed by atoms with Crippen LogP contribution in [0.3, 0.4) is 0 Å². The molecule has 0 radical (unpaired) electrons. The van der Waals surface area contributed by atoms with Crippen molar-refractivity contribution in [2.24, 2.45) is 0 Å². The number of rotatable bonds is 2. The van der Waals surface area contributed by atoms with Crippen molar-refractivity contribution in [1.29, 1.82) is 0 Å². The van der Waals surface area contributed by atoms with Gasteiger partial charge in [0.2, 0.25) is 0 Å². The summed E-state index contributed by atoms with van der Waals surface area (Å²) >= 11 is 0. The predicted octanol–water partition coefficient (Wildman–Crippen LogP) is 1.77. The van der Waals surface area contributed by atoms with Crippen molar-refractivity contribution in [3.63, 3.8) is 0 Å². The predicted molar refractivity (Wildman–Crippen MR) is 69.2 cm³/mol. The first-order valence-electron chi connectivity index (χ1n) is 7.29. The average molecular weight is 238 g/mol. The van der Waals surface area contributed by atoms with Gasteiger partial charge in [0.1, 0.15) is 0 Å². The maximum absolute atomic E-state index is 6.57. The zero-order valence-electron chi connectivity index (χ0n) is 11.3. The van der Waals surface area contributed by atoms with Gasteiger partial charge in [-0.25, -0.2) is 0 Å². The summed E-state index contributed by atoms with van der Waals surface area (Å²) in [5.74, 6) is 0. The summed E-state index contributed by atoms with van der Waals surface area (Å²) in [5.41, 5.74) is 0.457. The van der Waals surface area contributed by atoms with E-state index in [2.05, 4.69) is 24.2 Å². The van der Waals surface area contributed by atoms with Crippen LogP contribution >= 0.6 is 0 Å². The van der Waals surface area contributed by atoms with E-state index in [0.717, 1.165) is 6.04 Å². The van der Waals surface area contributed by atoms with Crippen LogP contribution in [-0.2, 0) is 4.74 Å². The molecule has 2 aliphatic carbocycles. The molecule has 3 heteroatoms. The number of nitrogens with one attached hydrogen (secondary N) is 1. The van der Waals surface area contributed by atoms with Crippen LogP contribution in [-0.4, -0.2) is 48.8 Å². The SMILES string of the molecule is CCN1CC2(CCC(NC)CC2)OC2(CC2)C1. The molecule has 17 heavy (non-hydrogen) atoms. The van der Waals surface area contributed by atoms with Crippen molar-refractivity contribution in [3.05, 3.63) is 0 Å². The van der Waals surface area contributed by atoms with Crippen LogP contribution in [0, 0.1) is 0 Å². The van der Waals surface area contributed by atoms with Gasteiger partial charge in [-0.15, -0.1) is 0 Å². The third-order valence-electron chi connectivity index (χ3n) is 5.02. The maximum Gasteiger partial charge on any atom is 0.0819 e. The molecule has 0 aromatic rings. The van der Waals surface area contributed by atoms with Crippen LogP contribution in [0.1, 0.15) is 45.4 Å². The van der Waals surface area contributed by atoms with Gasteiger partial charge < -0.3 is 10.1 Å². The molecule has 0 unspecified atom stereocenters. The smallest absolute Gasteiger partial charge is 0.0819 e. The Morgan fingerprint density at radius 3 is 2.18 bits per heavy atom. The Morgan fingerprint density at radius 2 is 1.71 bits per heavy atom. The van der Waals surface area contributed by atoms with Crippen LogP contribution in [0.2, 0.25) is 0 Å². The minimum absolute atomic E-state index is 0.193. The fourth-order valence-corrected chi connectivity index (χ4v) is 3.71. The van der Waals surface area contributed by atoms with Gasteiger partial charge in [0, 0.05) is 19.1 Å². The van der Waals surface area contributed by atoms with Crippen LogP contribution in [0.25, 0.3) is 0 Å². The molecule has 0 aromatic heterocycles. The molecule has 1 N–H and O–H groups in total. The number of nitrogens with zero attached hydrogens (tertiary/aromatic N) is 1. The molecule has 3 fully saturated rings. The summed E-state index contributed by atoms with van der Waals surface area (Å²) in [6.45, 7) is 5.82. The number of likely N-dealkylation sites (N-methyl/N-ethyl adjacent to an activating group) is 1. The molecule has 1 aliphatic heterocycles. The Balaban J connectivity index is 1.69. The average Bonchev–Trinajstić information content (AvgIpc) is 3.08. The van der Waals surface area contributed by atoms with Gasteiger partial charge in [0.15, 0.2) is 0 Å². The number of morpholine rings is 1. The molecule has 3 aliphatic rings. The highest BCUT2D eigenvalue weighted by atomic mass is 16.5. The first-order chi connectivity index (χ1) is 8.19. The van der Waals surface area contributed by atoms with Gasteiger partial charge in [0.05, 0.1) is 11.2 Å². The van der Waals surface area contributed by atoms with Gasteiger partial charge in [-0.3, -0.25) is 4.90 Å². The highest BCUT2D eigenvalue weighted by Crippen LogP contribution is 2.50. The van der Waals surface area contributed by atoms with Crippen LogP contribution < -0.4 is 5.32 Å². The molecule has 0 atom stereocenters. The lowest BCUT2D eigenvalue weighted by atomic mass is 9.80. The molecule has 0 bridgehead atoms. The largest absolute Gasteiger partial charge is 0.366 e. The highest BCUT2D eigenvalue weighted by molar-refractivity contribution is 5.07. The van der Waals surface area contributed by atoms with Gasteiger partial charge in [-0.2, -0.15) is 0 Å². The second-order valence-electron chi connectivity index (χ2n) is 6.33. The van der Waals surface area contributed by atoms with Crippen molar-refractivity contribution in [3.8, 4) is 0 Å². The van der Waals surface area contributed by atoms with E-state index in [-0.39, 0.29) is 11.2 Å². The zero-order valence-corrected chi connectivity index (χ0v) is 11.3. The zero-order chi connectivity index (χ0) is 11.9. The molecule has 2 spiro atoms. The minimum Gasteiger partial charge on any atom is -0.366 e. The topological polar surface area (TPSA) is 24.5 Å². The molecule has 2 saturated carbocycles. The summed E-state index contributed by atoms with van der Waals surface area (Å²) < 4.78 is 6.57. The van der Waals surface area contributed by atoms with Crippen molar-refractivity contribution >= 4 is 0 Å². The molecule has 0 aromatic carbocycles. The molecular formula is C14H26N2O. The third kappa shape index (κ3) is 2.25. The van der Waals surface area contributed by atoms with Gasteiger partial charge in [-0.1, -0.05) is 6.92 Å². The van der Waals surface area contributed by atoms with Gasteiger partial charge in [-0.05, 0) is 52.1 Å². The van der Waals surface area contributed by atoms with Crippen LogP contribution in [0.5, 0.6) is 0 Å². The van der Waals surface area contributed by atoms with E-state index in [1.165, 1.54) is 58.2 Å². The van der Waals surface area contributed by atoms with E-state index in [4.69, 9.17) is 4.74 Å². The molecule has 3 nitrogen and oxygen atoms in total. The second kappa shape index (κ2) is 4.22. The fraction of sp³-hybridized carbons (Fsp3) is 1.00. The lowest BCUT2D eigenvalue weighted by Crippen LogP contribution is -2.58. The molecule has 0 amide bonds. The Hall–Kier alpha value is -0.120.